The first kappa shape index (κ1) is 14.0. The molecule has 7 heteroatoms. The van der Waals surface area contributed by atoms with Crippen LogP contribution in [0.3, 0.4) is 0 Å². The van der Waals surface area contributed by atoms with E-state index in [-0.39, 0.29) is 0 Å². The average molecular weight is 308 g/mol. The lowest BCUT2D eigenvalue weighted by molar-refractivity contribution is -0.142. The number of hydrogen-bond acceptors (Lipinski definition) is 5. The van der Waals surface area contributed by atoms with Gasteiger partial charge in [-0.2, -0.15) is 4.98 Å². The zero-order valence-electron chi connectivity index (χ0n) is 11.2. The molecule has 1 fully saturated rings. The van der Waals surface area contributed by atoms with E-state index in [9.17, 15) is 4.79 Å². The van der Waals surface area contributed by atoms with Crippen LogP contribution < -0.4 is 0 Å². The largest absolute Gasteiger partial charge is 0.480 e. The lowest BCUT2D eigenvalue weighted by Gasteiger charge is -2.18. The predicted octanol–water partition coefficient (Wildman–Crippen LogP) is 2.44. The van der Waals surface area contributed by atoms with Gasteiger partial charge < -0.3 is 9.63 Å². The van der Waals surface area contributed by atoms with E-state index in [2.05, 4.69) is 10.1 Å². The van der Waals surface area contributed by atoms with E-state index in [4.69, 9.17) is 21.2 Å². The second-order valence-electron chi connectivity index (χ2n) is 4.99. The number of benzene rings is 1. The summed E-state index contributed by atoms with van der Waals surface area (Å²) in [5.41, 5.74) is 0.772. The number of likely N-dealkylation sites (tertiary alicyclic amines) is 1. The summed E-state index contributed by atoms with van der Waals surface area (Å²) in [5.74, 6) is 0.0683. The fraction of sp³-hybridized carbons (Fsp3) is 0.357. The molecule has 0 bridgehead atoms. The topological polar surface area (TPSA) is 79.5 Å². The first-order chi connectivity index (χ1) is 10.1. The summed E-state index contributed by atoms with van der Waals surface area (Å²) >= 11 is 5.93. The molecule has 1 aromatic heterocycles. The Morgan fingerprint density at radius 3 is 3.14 bits per heavy atom. The van der Waals surface area contributed by atoms with Gasteiger partial charge in [-0.25, -0.2) is 0 Å². The van der Waals surface area contributed by atoms with Crippen molar-refractivity contribution < 1.29 is 14.4 Å². The van der Waals surface area contributed by atoms with Crippen LogP contribution in [0, 0.1) is 0 Å². The maximum Gasteiger partial charge on any atom is 0.320 e. The lowest BCUT2D eigenvalue weighted by Crippen LogP contribution is -2.35. The molecule has 2 heterocycles. The number of carbonyl (C=O) groups is 1. The highest BCUT2D eigenvalue weighted by atomic mass is 35.5. The molecule has 1 aliphatic heterocycles. The summed E-state index contributed by atoms with van der Waals surface area (Å²) in [6.45, 7) is 1.08. The highest BCUT2D eigenvalue weighted by Crippen LogP contribution is 2.22. The van der Waals surface area contributed by atoms with Gasteiger partial charge in [-0.3, -0.25) is 9.69 Å². The quantitative estimate of drug-likeness (QED) is 0.934. The third-order valence-corrected chi connectivity index (χ3v) is 3.77. The van der Waals surface area contributed by atoms with Gasteiger partial charge in [0.25, 0.3) is 0 Å². The van der Waals surface area contributed by atoms with Crippen molar-refractivity contribution in [3.8, 4) is 11.4 Å². The number of carboxylic acid groups (broad SMARTS) is 1. The fourth-order valence-corrected chi connectivity index (χ4v) is 2.72. The normalized spacial score (nSPS) is 19.0. The molecule has 0 saturated carbocycles. The number of carboxylic acids is 1. The molecular weight excluding hydrogens is 294 g/mol. The van der Waals surface area contributed by atoms with Gasteiger partial charge in [-0.05, 0) is 31.5 Å². The van der Waals surface area contributed by atoms with Gasteiger partial charge in [0.2, 0.25) is 11.7 Å². The molecule has 1 unspecified atom stereocenters. The minimum atomic E-state index is -0.804. The molecule has 1 aliphatic rings. The van der Waals surface area contributed by atoms with E-state index in [1.54, 1.807) is 12.1 Å². The van der Waals surface area contributed by atoms with Crippen molar-refractivity contribution >= 4 is 17.6 Å². The van der Waals surface area contributed by atoms with E-state index in [1.165, 1.54) is 0 Å². The molecule has 1 N–H and O–H groups in total. The predicted molar refractivity (Wildman–Crippen MR) is 75.8 cm³/mol. The number of aliphatic carboxylic acids is 1. The van der Waals surface area contributed by atoms with Crippen LogP contribution in [-0.4, -0.2) is 38.7 Å². The number of hydrogen-bond donors (Lipinski definition) is 1. The Labute approximate surface area is 126 Å². The Kier molecular flexibility index (Phi) is 3.90. The molecule has 1 atom stereocenters. The SMILES string of the molecule is O=C(O)C1CCCN1Cc1nc(-c2cccc(Cl)c2)no1. The summed E-state index contributed by atoms with van der Waals surface area (Å²) in [5, 5.41) is 13.7. The van der Waals surface area contributed by atoms with Gasteiger partial charge >= 0.3 is 5.97 Å². The van der Waals surface area contributed by atoms with Crippen LogP contribution >= 0.6 is 11.6 Å². The van der Waals surface area contributed by atoms with Gasteiger partial charge in [0, 0.05) is 10.6 Å². The standard InChI is InChI=1S/C14H14ClN3O3/c15-10-4-1-3-9(7-10)13-16-12(21-17-13)8-18-6-2-5-11(18)14(19)20/h1,3-4,7,11H,2,5-6,8H2,(H,19,20). The summed E-state index contributed by atoms with van der Waals surface area (Å²) in [7, 11) is 0. The molecule has 6 nitrogen and oxygen atoms in total. The minimum Gasteiger partial charge on any atom is -0.480 e. The maximum atomic E-state index is 11.1. The molecular formula is C14H14ClN3O3. The molecule has 1 aromatic carbocycles. The maximum absolute atomic E-state index is 11.1. The second kappa shape index (κ2) is 5.83. The van der Waals surface area contributed by atoms with Crippen molar-refractivity contribution in [1.82, 2.24) is 15.0 Å². The van der Waals surface area contributed by atoms with Crippen LogP contribution in [0.2, 0.25) is 5.02 Å². The Morgan fingerprint density at radius 2 is 2.38 bits per heavy atom. The van der Waals surface area contributed by atoms with Crippen molar-refractivity contribution in [2.24, 2.45) is 0 Å². The molecule has 1 saturated heterocycles. The Hall–Kier alpha value is -1.92. The zero-order valence-corrected chi connectivity index (χ0v) is 12.0. The highest BCUT2D eigenvalue weighted by Gasteiger charge is 2.31. The van der Waals surface area contributed by atoms with Crippen molar-refractivity contribution in [1.29, 1.82) is 0 Å². The Bertz CT molecular complexity index is 658. The van der Waals surface area contributed by atoms with E-state index in [0.29, 0.717) is 29.7 Å². The third-order valence-electron chi connectivity index (χ3n) is 3.54. The van der Waals surface area contributed by atoms with Gasteiger partial charge in [-0.1, -0.05) is 28.9 Å². The molecule has 3 rings (SSSR count). The number of rotatable bonds is 4. The van der Waals surface area contributed by atoms with Crippen LogP contribution in [0.4, 0.5) is 0 Å². The molecule has 0 amide bonds. The number of aromatic nitrogens is 2. The van der Waals surface area contributed by atoms with Crippen molar-refractivity contribution in [2.45, 2.75) is 25.4 Å². The summed E-state index contributed by atoms with van der Waals surface area (Å²) in [4.78, 5) is 17.3. The van der Waals surface area contributed by atoms with E-state index >= 15 is 0 Å². The molecule has 0 radical (unpaired) electrons. The molecule has 2 aromatic rings. The van der Waals surface area contributed by atoms with Gasteiger partial charge in [0.15, 0.2) is 0 Å². The fourth-order valence-electron chi connectivity index (χ4n) is 2.53. The first-order valence-electron chi connectivity index (χ1n) is 6.69. The third kappa shape index (κ3) is 3.06. The van der Waals surface area contributed by atoms with Crippen LogP contribution in [0.15, 0.2) is 28.8 Å². The zero-order chi connectivity index (χ0) is 14.8. The number of halogens is 1. The minimum absolute atomic E-state index is 0.352. The lowest BCUT2D eigenvalue weighted by atomic mass is 10.2. The molecule has 0 spiro atoms. The first-order valence-corrected chi connectivity index (χ1v) is 7.06. The number of nitrogens with zero attached hydrogens (tertiary/aromatic N) is 3. The molecule has 0 aliphatic carbocycles. The van der Waals surface area contributed by atoms with Crippen LogP contribution in [0.5, 0.6) is 0 Å². The van der Waals surface area contributed by atoms with Crippen molar-refractivity contribution in [3.05, 3.63) is 35.2 Å². The Morgan fingerprint density at radius 1 is 1.52 bits per heavy atom. The highest BCUT2D eigenvalue weighted by molar-refractivity contribution is 6.30. The Balaban J connectivity index is 1.75. The monoisotopic (exact) mass is 307 g/mol. The van der Waals surface area contributed by atoms with Crippen molar-refractivity contribution in [3.63, 3.8) is 0 Å². The average Bonchev–Trinajstić information content (AvgIpc) is 3.08. The summed E-state index contributed by atoms with van der Waals surface area (Å²) < 4.78 is 5.21. The van der Waals surface area contributed by atoms with E-state index in [0.717, 1.165) is 18.5 Å². The van der Waals surface area contributed by atoms with Crippen LogP contribution in [-0.2, 0) is 11.3 Å². The van der Waals surface area contributed by atoms with Crippen LogP contribution in [0.25, 0.3) is 11.4 Å². The van der Waals surface area contributed by atoms with Gasteiger partial charge in [0.05, 0.1) is 6.54 Å². The summed E-state index contributed by atoms with van der Waals surface area (Å²) in [6, 6.07) is 6.72. The second-order valence-corrected chi connectivity index (χ2v) is 5.43. The smallest absolute Gasteiger partial charge is 0.320 e. The van der Waals surface area contributed by atoms with Gasteiger partial charge in [-0.15, -0.1) is 0 Å². The van der Waals surface area contributed by atoms with Crippen LogP contribution in [0.1, 0.15) is 18.7 Å². The van der Waals surface area contributed by atoms with E-state index in [1.807, 2.05) is 17.0 Å². The van der Waals surface area contributed by atoms with E-state index < -0.39 is 12.0 Å². The molecule has 110 valence electrons. The summed E-state index contributed by atoms with van der Waals surface area (Å²) in [6.07, 6.45) is 1.52. The van der Waals surface area contributed by atoms with Gasteiger partial charge in [0.1, 0.15) is 6.04 Å². The molecule has 21 heavy (non-hydrogen) atoms. The van der Waals surface area contributed by atoms with Crippen molar-refractivity contribution in [2.75, 3.05) is 6.54 Å².